The van der Waals surface area contributed by atoms with Gasteiger partial charge in [0.25, 0.3) is 0 Å². The van der Waals surface area contributed by atoms with Crippen LogP contribution in [-0.2, 0) is 4.79 Å². The minimum atomic E-state index is -1.92. The number of hydrogen-bond donors (Lipinski definition) is 5. The number of fused-ring (bicyclic) bond motifs is 5. The Morgan fingerprint density at radius 3 is 2.25 bits per heavy atom. The van der Waals surface area contributed by atoms with Crippen molar-refractivity contribution in [2.45, 2.75) is 70.9 Å². The summed E-state index contributed by atoms with van der Waals surface area (Å²) in [6.07, 6.45) is 2.04. The molecule has 0 aromatic carbocycles. The molecule has 156 valence electrons. The third kappa shape index (κ3) is 1.55. The summed E-state index contributed by atoms with van der Waals surface area (Å²) in [5, 5.41) is 56.5. The first kappa shape index (κ1) is 20.2. The lowest BCUT2D eigenvalue weighted by molar-refractivity contribution is -0.251. The highest BCUT2D eigenvalue weighted by atomic mass is 16.4. The number of aliphatic hydroxyl groups is 5. The molecule has 2 saturated carbocycles. The highest BCUT2D eigenvalue weighted by Gasteiger charge is 2.91. The van der Waals surface area contributed by atoms with Crippen molar-refractivity contribution >= 4 is 5.78 Å². The number of carbonyl (C=O) groups excluding carboxylic acids is 1. The van der Waals surface area contributed by atoms with E-state index in [9.17, 15) is 30.3 Å². The van der Waals surface area contributed by atoms with Crippen LogP contribution in [0.4, 0.5) is 0 Å². The number of rotatable bonds is 1. The molecule has 0 radical (unpaired) electrons. The third-order valence-corrected chi connectivity index (χ3v) is 9.69. The molecule has 6 nitrogen and oxygen atoms in total. The highest BCUT2D eigenvalue weighted by molar-refractivity contribution is 6.05. The van der Waals surface area contributed by atoms with Crippen LogP contribution < -0.4 is 0 Å². The summed E-state index contributed by atoms with van der Waals surface area (Å²) in [5.74, 6) is -1.96. The molecular formula is C22H32O6. The molecule has 0 bridgehead atoms. The molecule has 8 atom stereocenters. The van der Waals surface area contributed by atoms with Crippen molar-refractivity contribution in [3.8, 4) is 0 Å². The predicted octanol–water partition coefficient (Wildman–Crippen LogP) is 0.710. The number of hydrogen-bond acceptors (Lipinski definition) is 6. The zero-order valence-corrected chi connectivity index (χ0v) is 17.4. The predicted molar refractivity (Wildman–Crippen MR) is 102 cm³/mol. The van der Waals surface area contributed by atoms with Gasteiger partial charge in [-0.25, -0.2) is 0 Å². The second-order valence-corrected chi connectivity index (χ2v) is 10.5. The van der Waals surface area contributed by atoms with Crippen molar-refractivity contribution in [2.24, 2.45) is 28.1 Å². The van der Waals surface area contributed by atoms with E-state index in [1.807, 2.05) is 20.8 Å². The Morgan fingerprint density at radius 2 is 1.71 bits per heavy atom. The van der Waals surface area contributed by atoms with Crippen molar-refractivity contribution in [1.29, 1.82) is 0 Å². The summed E-state index contributed by atoms with van der Waals surface area (Å²) in [7, 11) is 0. The van der Waals surface area contributed by atoms with Crippen molar-refractivity contribution < 1.29 is 30.3 Å². The van der Waals surface area contributed by atoms with E-state index < -0.39 is 56.8 Å². The van der Waals surface area contributed by atoms with Gasteiger partial charge in [0.2, 0.25) is 0 Å². The highest BCUT2D eigenvalue weighted by Crippen LogP contribution is 2.83. The first-order chi connectivity index (χ1) is 12.6. The molecule has 0 unspecified atom stereocenters. The fourth-order valence-electron chi connectivity index (χ4n) is 7.48. The Morgan fingerprint density at radius 1 is 1.14 bits per heavy atom. The third-order valence-electron chi connectivity index (χ3n) is 9.69. The molecule has 4 aliphatic carbocycles. The quantitative estimate of drug-likeness (QED) is 0.420. The van der Waals surface area contributed by atoms with Gasteiger partial charge in [0, 0.05) is 29.1 Å². The van der Waals surface area contributed by atoms with Gasteiger partial charge in [0.15, 0.2) is 5.78 Å². The second-order valence-electron chi connectivity index (χ2n) is 10.5. The summed E-state index contributed by atoms with van der Waals surface area (Å²) in [4.78, 5) is 13.0. The minimum Gasteiger partial charge on any atom is -0.392 e. The Kier molecular flexibility index (Phi) is 3.60. The van der Waals surface area contributed by atoms with E-state index in [1.165, 1.54) is 0 Å². The van der Waals surface area contributed by atoms with E-state index in [1.54, 1.807) is 32.9 Å². The van der Waals surface area contributed by atoms with Crippen molar-refractivity contribution in [1.82, 2.24) is 0 Å². The average Bonchev–Trinajstić information content (AvgIpc) is 2.94. The fraction of sp³-hybridized carbons (Fsp3) is 0.773. The average molecular weight is 392 g/mol. The number of carbonyl (C=O) groups is 1. The molecule has 5 N–H and O–H groups in total. The van der Waals surface area contributed by atoms with Gasteiger partial charge in [0.05, 0.1) is 23.7 Å². The van der Waals surface area contributed by atoms with Gasteiger partial charge in [-0.15, -0.1) is 0 Å². The van der Waals surface area contributed by atoms with Crippen LogP contribution in [-0.4, -0.2) is 60.8 Å². The van der Waals surface area contributed by atoms with Crippen LogP contribution in [0.25, 0.3) is 0 Å². The lowest BCUT2D eigenvalue weighted by Crippen LogP contribution is -2.71. The summed E-state index contributed by atoms with van der Waals surface area (Å²) < 4.78 is 0. The van der Waals surface area contributed by atoms with Crippen LogP contribution in [0.5, 0.6) is 0 Å². The summed E-state index contributed by atoms with van der Waals surface area (Å²) in [5.41, 5.74) is -7.23. The van der Waals surface area contributed by atoms with Gasteiger partial charge < -0.3 is 25.5 Å². The fourth-order valence-corrected chi connectivity index (χ4v) is 7.48. The number of aliphatic hydroxyl groups excluding tert-OH is 2. The van der Waals surface area contributed by atoms with Crippen LogP contribution in [0.3, 0.4) is 0 Å². The zero-order chi connectivity index (χ0) is 21.3. The first-order valence-electron chi connectivity index (χ1n) is 10.0. The maximum absolute atomic E-state index is 13.0. The normalized spacial score (nSPS) is 56.8. The van der Waals surface area contributed by atoms with Gasteiger partial charge in [-0.1, -0.05) is 46.8 Å². The molecule has 6 heteroatoms. The van der Waals surface area contributed by atoms with Crippen molar-refractivity contribution in [3.63, 3.8) is 0 Å². The van der Waals surface area contributed by atoms with E-state index in [2.05, 4.69) is 0 Å². The molecule has 2 fully saturated rings. The first-order valence-corrected chi connectivity index (χ1v) is 10.0. The molecule has 28 heavy (non-hydrogen) atoms. The lowest BCUT2D eigenvalue weighted by Gasteiger charge is -2.59. The van der Waals surface area contributed by atoms with Crippen molar-refractivity contribution in [3.05, 3.63) is 23.3 Å². The summed E-state index contributed by atoms with van der Waals surface area (Å²) in [6, 6.07) is 0. The van der Waals surface area contributed by atoms with Crippen LogP contribution >= 0.6 is 0 Å². The van der Waals surface area contributed by atoms with Gasteiger partial charge in [-0.3, -0.25) is 4.79 Å². The summed E-state index contributed by atoms with van der Waals surface area (Å²) >= 11 is 0. The Labute approximate surface area is 165 Å². The van der Waals surface area contributed by atoms with Crippen LogP contribution in [0.2, 0.25) is 0 Å². The number of Topliss-reactive ketones (excluding diaryl/α,β-unsaturated/α-hetero) is 1. The maximum Gasteiger partial charge on any atom is 0.191 e. The summed E-state index contributed by atoms with van der Waals surface area (Å²) in [6.45, 7) is 10.1. The van der Waals surface area contributed by atoms with E-state index in [4.69, 9.17) is 0 Å². The lowest BCUT2D eigenvalue weighted by atomic mass is 9.49. The molecule has 0 aromatic rings. The van der Waals surface area contributed by atoms with Crippen molar-refractivity contribution in [2.75, 3.05) is 6.61 Å². The Bertz CT molecular complexity index is 844. The monoisotopic (exact) mass is 392 g/mol. The maximum atomic E-state index is 13.0. The van der Waals surface area contributed by atoms with Crippen LogP contribution in [0, 0.1) is 28.1 Å². The van der Waals surface area contributed by atoms with E-state index in [0.717, 1.165) is 0 Å². The van der Waals surface area contributed by atoms with E-state index in [0.29, 0.717) is 11.1 Å². The largest absolute Gasteiger partial charge is 0.392 e. The van der Waals surface area contributed by atoms with E-state index >= 15 is 0 Å². The smallest absolute Gasteiger partial charge is 0.191 e. The minimum absolute atomic E-state index is 0.0940. The Balaban J connectivity index is 2.07. The van der Waals surface area contributed by atoms with Gasteiger partial charge >= 0.3 is 0 Å². The molecule has 0 aliphatic heterocycles. The second kappa shape index (κ2) is 4.98. The molecule has 0 amide bonds. The van der Waals surface area contributed by atoms with Gasteiger partial charge in [0.1, 0.15) is 11.2 Å². The topological polar surface area (TPSA) is 118 Å². The number of ketones is 1. The molecule has 0 heterocycles. The molecular weight excluding hydrogens is 360 g/mol. The molecule has 0 spiro atoms. The van der Waals surface area contributed by atoms with Gasteiger partial charge in [-0.2, -0.15) is 0 Å². The van der Waals surface area contributed by atoms with E-state index in [-0.39, 0.29) is 13.0 Å². The SMILES string of the molecule is CC1=C[C@@]2(C)[C@@]3(O)[C@H](C)[C@@H](O)[C@@]4(O)C(C)(C)[C@@]4(C)[C@@H]3C=C(CO)C[C@]2(O)C1=O. The van der Waals surface area contributed by atoms with Crippen LogP contribution in [0.15, 0.2) is 23.3 Å². The van der Waals surface area contributed by atoms with Gasteiger partial charge in [-0.05, 0) is 18.1 Å². The standard InChI is InChI=1S/C22H32O6/c1-11-8-18(5)20(26,15(11)24)9-13(10-23)7-14-19(6)17(3,4)22(19,28)16(25)12(2)21(14,18)27/h7-8,12,14,16,23,25-28H,9-10H2,1-6H3/t12-,14+,16-,18-,19-,20+,21-,22-/m1/s1. The van der Waals surface area contributed by atoms with Crippen LogP contribution in [0.1, 0.15) is 48.0 Å². The zero-order valence-electron chi connectivity index (χ0n) is 17.4. The molecule has 0 aromatic heterocycles. The molecule has 0 saturated heterocycles. The molecule has 4 aliphatic rings. The molecule has 4 rings (SSSR count). The Hall–Kier alpha value is -1.05.